The van der Waals surface area contributed by atoms with Gasteiger partial charge in [0.15, 0.2) is 0 Å². The Morgan fingerprint density at radius 1 is 1.21 bits per heavy atom. The number of thiophene rings is 1. The van der Waals surface area contributed by atoms with Crippen LogP contribution in [0, 0.1) is 0 Å². The zero-order chi connectivity index (χ0) is 13.5. The maximum Gasteiger partial charge on any atom is 0.0274 e. The minimum atomic E-state index is 0.693. The van der Waals surface area contributed by atoms with E-state index in [2.05, 4.69) is 46.4 Å². The molecule has 0 unspecified atom stereocenters. The lowest BCUT2D eigenvalue weighted by molar-refractivity contribution is 0.981. The molecule has 0 atom stereocenters. The van der Waals surface area contributed by atoms with Crippen molar-refractivity contribution in [3.8, 4) is 0 Å². The summed E-state index contributed by atoms with van der Waals surface area (Å²) in [6.45, 7) is 1.81. The van der Waals surface area contributed by atoms with Crippen molar-refractivity contribution < 1.29 is 0 Å². The van der Waals surface area contributed by atoms with E-state index in [1.807, 2.05) is 19.1 Å². The van der Waals surface area contributed by atoms with Gasteiger partial charge in [0, 0.05) is 20.4 Å². The normalized spacial score (nSPS) is 11.1. The second-order valence-corrected chi connectivity index (χ2v) is 5.46. The van der Waals surface area contributed by atoms with Crippen molar-refractivity contribution in [1.29, 1.82) is 0 Å². The van der Waals surface area contributed by atoms with E-state index in [4.69, 9.17) is 5.53 Å². The molecule has 3 nitrogen and oxygen atoms in total. The Labute approximate surface area is 116 Å². The lowest BCUT2D eigenvalue weighted by atomic mass is 10.1. The predicted molar refractivity (Wildman–Crippen MR) is 81.0 cm³/mol. The van der Waals surface area contributed by atoms with Gasteiger partial charge in [-0.05, 0) is 49.1 Å². The highest BCUT2D eigenvalue weighted by atomic mass is 32.1. The fourth-order valence-corrected chi connectivity index (χ4v) is 2.83. The monoisotopic (exact) mass is 269 g/mol. The van der Waals surface area contributed by atoms with Crippen molar-refractivity contribution in [3.05, 3.63) is 73.9 Å². The summed E-state index contributed by atoms with van der Waals surface area (Å²) in [7, 11) is 0. The van der Waals surface area contributed by atoms with E-state index in [0.717, 1.165) is 17.7 Å². The minimum Gasteiger partial charge on any atom is -0.141 e. The molecular formula is C15H15N3S. The Hall–Kier alpha value is -2.03. The Morgan fingerprint density at radius 3 is 2.74 bits per heavy atom. The van der Waals surface area contributed by atoms with Crippen molar-refractivity contribution in [2.24, 2.45) is 5.11 Å². The Bertz CT molecular complexity index is 607. The van der Waals surface area contributed by atoms with Crippen LogP contribution >= 0.6 is 11.3 Å². The van der Waals surface area contributed by atoms with Crippen molar-refractivity contribution in [1.82, 2.24) is 0 Å². The number of aryl methyl sites for hydroxylation is 2. The van der Waals surface area contributed by atoms with Crippen LogP contribution in [-0.4, -0.2) is 0 Å². The zero-order valence-corrected chi connectivity index (χ0v) is 11.6. The molecule has 2 aromatic rings. The SMILES string of the molecule is C/C(=C/c1ccc(CCc2ccccc2)s1)N=[N+]=[N-]. The largest absolute Gasteiger partial charge is 0.141 e. The van der Waals surface area contributed by atoms with E-state index in [-0.39, 0.29) is 0 Å². The number of allylic oxidation sites excluding steroid dienone is 1. The Morgan fingerprint density at radius 2 is 2.00 bits per heavy atom. The van der Waals surface area contributed by atoms with Gasteiger partial charge in [-0.1, -0.05) is 35.4 Å². The summed E-state index contributed by atoms with van der Waals surface area (Å²) >= 11 is 1.75. The van der Waals surface area contributed by atoms with Crippen LogP contribution in [0.1, 0.15) is 22.2 Å². The third kappa shape index (κ3) is 4.28. The molecular weight excluding hydrogens is 254 g/mol. The topological polar surface area (TPSA) is 48.8 Å². The van der Waals surface area contributed by atoms with Gasteiger partial charge in [-0.25, -0.2) is 0 Å². The van der Waals surface area contributed by atoms with Gasteiger partial charge >= 0.3 is 0 Å². The predicted octanol–water partition coefficient (Wildman–Crippen LogP) is 5.20. The molecule has 1 heterocycles. The third-order valence-electron chi connectivity index (χ3n) is 2.74. The van der Waals surface area contributed by atoms with E-state index < -0.39 is 0 Å². The van der Waals surface area contributed by atoms with Crippen LogP contribution in [0.4, 0.5) is 0 Å². The molecule has 0 bridgehead atoms. The summed E-state index contributed by atoms with van der Waals surface area (Å²) < 4.78 is 0. The number of rotatable bonds is 5. The number of azide groups is 1. The van der Waals surface area contributed by atoms with Gasteiger partial charge < -0.3 is 0 Å². The van der Waals surface area contributed by atoms with Gasteiger partial charge in [0.25, 0.3) is 0 Å². The van der Waals surface area contributed by atoms with Crippen LogP contribution in [0.3, 0.4) is 0 Å². The lowest BCUT2D eigenvalue weighted by Crippen LogP contribution is -1.87. The fourth-order valence-electron chi connectivity index (χ4n) is 1.82. The molecule has 2 rings (SSSR count). The van der Waals surface area contributed by atoms with Crippen molar-refractivity contribution >= 4 is 17.4 Å². The average Bonchev–Trinajstić information content (AvgIpc) is 2.85. The van der Waals surface area contributed by atoms with Crippen molar-refractivity contribution in [3.63, 3.8) is 0 Å². The summed E-state index contributed by atoms with van der Waals surface area (Å²) in [6, 6.07) is 14.7. The van der Waals surface area contributed by atoms with Crippen LogP contribution in [0.15, 0.2) is 53.3 Å². The summed E-state index contributed by atoms with van der Waals surface area (Å²) in [5, 5.41) is 3.57. The first-order chi connectivity index (χ1) is 9.28. The molecule has 1 aromatic heterocycles. The Kier molecular flexibility index (Phi) is 4.78. The van der Waals surface area contributed by atoms with Gasteiger partial charge in [0.2, 0.25) is 0 Å². The number of benzene rings is 1. The zero-order valence-electron chi connectivity index (χ0n) is 10.8. The van der Waals surface area contributed by atoms with Gasteiger partial charge in [-0.3, -0.25) is 0 Å². The Balaban J connectivity index is 1.98. The summed E-state index contributed by atoms with van der Waals surface area (Å²) in [5.74, 6) is 0. The summed E-state index contributed by atoms with van der Waals surface area (Å²) in [4.78, 5) is 5.26. The maximum atomic E-state index is 8.35. The highest BCUT2D eigenvalue weighted by Gasteiger charge is 1.99. The molecule has 4 heteroatoms. The number of hydrogen-bond acceptors (Lipinski definition) is 2. The number of hydrogen-bond donors (Lipinski definition) is 0. The van der Waals surface area contributed by atoms with Crippen LogP contribution < -0.4 is 0 Å². The first kappa shape index (κ1) is 13.4. The molecule has 0 saturated heterocycles. The van der Waals surface area contributed by atoms with E-state index in [1.54, 1.807) is 11.3 Å². The lowest BCUT2D eigenvalue weighted by Gasteiger charge is -1.98. The molecule has 0 aliphatic rings. The molecule has 0 saturated carbocycles. The van der Waals surface area contributed by atoms with Crippen molar-refractivity contribution in [2.45, 2.75) is 19.8 Å². The third-order valence-corrected chi connectivity index (χ3v) is 3.83. The van der Waals surface area contributed by atoms with E-state index in [0.29, 0.717) is 5.70 Å². The van der Waals surface area contributed by atoms with E-state index in [1.165, 1.54) is 10.4 Å². The molecule has 19 heavy (non-hydrogen) atoms. The second-order valence-electron chi connectivity index (χ2n) is 4.26. The quantitative estimate of drug-likeness (QED) is 0.407. The van der Waals surface area contributed by atoms with Crippen LogP contribution in [-0.2, 0) is 12.8 Å². The smallest absolute Gasteiger partial charge is 0.0274 e. The molecule has 0 aliphatic carbocycles. The summed E-state index contributed by atoms with van der Waals surface area (Å²) in [6.07, 6.45) is 4.01. The van der Waals surface area contributed by atoms with Gasteiger partial charge in [-0.2, -0.15) is 0 Å². The molecule has 0 spiro atoms. The van der Waals surface area contributed by atoms with E-state index in [9.17, 15) is 0 Å². The highest BCUT2D eigenvalue weighted by molar-refractivity contribution is 7.12. The molecule has 0 fully saturated rings. The molecule has 0 N–H and O–H groups in total. The molecule has 0 radical (unpaired) electrons. The average molecular weight is 269 g/mol. The minimum absolute atomic E-state index is 0.693. The van der Waals surface area contributed by atoms with Crippen LogP contribution in [0.5, 0.6) is 0 Å². The van der Waals surface area contributed by atoms with Crippen molar-refractivity contribution in [2.75, 3.05) is 0 Å². The molecule has 96 valence electrons. The first-order valence-corrected chi connectivity index (χ1v) is 6.95. The fraction of sp³-hybridized carbons (Fsp3) is 0.200. The highest BCUT2D eigenvalue weighted by Crippen LogP contribution is 2.21. The van der Waals surface area contributed by atoms with Gasteiger partial charge in [0.1, 0.15) is 0 Å². The van der Waals surface area contributed by atoms with Gasteiger partial charge in [0.05, 0.1) is 0 Å². The summed E-state index contributed by atoms with van der Waals surface area (Å²) in [5.41, 5.74) is 10.4. The van der Waals surface area contributed by atoms with Gasteiger partial charge in [-0.15, -0.1) is 11.3 Å². The number of nitrogens with zero attached hydrogens (tertiary/aromatic N) is 3. The van der Waals surface area contributed by atoms with Crippen LogP contribution in [0.2, 0.25) is 0 Å². The molecule has 1 aromatic carbocycles. The molecule has 0 aliphatic heterocycles. The maximum absolute atomic E-state index is 8.35. The molecule has 0 amide bonds. The van der Waals surface area contributed by atoms with E-state index >= 15 is 0 Å². The first-order valence-electron chi connectivity index (χ1n) is 6.14. The second kappa shape index (κ2) is 6.78. The standard InChI is InChI=1S/C15H15N3S/c1-12(17-18-16)11-15-10-9-14(19-15)8-7-13-5-3-2-4-6-13/h2-6,9-11H,7-8H2,1H3/b12-11-. The van der Waals surface area contributed by atoms with Crippen LogP contribution in [0.25, 0.3) is 16.5 Å².